The highest BCUT2D eigenvalue weighted by atomic mass is 16.5. The summed E-state index contributed by atoms with van der Waals surface area (Å²) in [5, 5.41) is 3.41. The van der Waals surface area contributed by atoms with Gasteiger partial charge in [0.1, 0.15) is 0 Å². The molecule has 2 heterocycles. The summed E-state index contributed by atoms with van der Waals surface area (Å²) in [6.07, 6.45) is 3.04. The van der Waals surface area contributed by atoms with E-state index in [4.69, 9.17) is 4.74 Å². The van der Waals surface area contributed by atoms with E-state index in [1.807, 2.05) is 11.9 Å². The second-order valence-electron chi connectivity index (χ2n) is 7.75. The van der Waals surface area contributed by atoms with Crippen molar-refractivity contribution in [3.05, 3.63) is 29.8 Å². The van der Waals surface area contributed by atoms with Crippen LogP contribution in [0.5, 0.6) is 0 Å². The summed E-state index contributed by atoms with van der Waals surface area (Å²) < 4.78 is 5.47. The van der Waals surface area contributed by atoms with Gasteiger partial charge in [-0.15, -0.1) is 0 Å². The Labute approximate surface area is 157 Å². The molecule has 2 aliphatic rings. The maximum atomic E-state index is 12.8. The number of para-hydroxylation sites is 1. The third kappa shape index (κ3) is 4.98. The van der Waals surface area contributed by atoms with Crippen LogP contribution in [0.3, 0.4) is 0 Å². The van der Waals surface area contributed by atoms with Crippen LogP contribution in [0.4, 0.5) is 5.69 Å². The Morgan fingerprint density at radius 1 is 1.27 bits per heavy atom. The van der Waals surface area contributed by atoms with Crippen LogP contribution in [0.15, 0.2) is 24.3 Å². The van der Waals surface area contributed by atoms with E-state index >= 15 is 0 Å². The van der Waals surface area contributed by atoms with Crippen molar-refractivity contribution < 1.29 is 9.53 Å². The molecule has 1 unspecified atom stereocenters. The lowest BCUT2D eigenvalue weighted by Gasteiger charge is -2.32. The first-order valence-electron chi connectivity index (χ1n) is 10.0. The van der Waals surface area contributed by atoms with E-state index in [1.165, 1.54) is 24.1 Å². The Hall–Kier alpha value is -1.59. The number of hydrogen-bond acceptors (Lipinski definition) is 4. The summed E-state index contributed by atoms with van der Waals surface area (Å²) in [6, 6.07) is 8.45. The molecule has 0 saturated carbocycles. The number of carbonyl (C=O) groups excluding carboxylic acids is 1. The van der Waals surface area contributed by atoms with Gasteiger partial charge in [-0.25, -0.2) is 0 Å². The van der Waals surface area contributed by atoms with Gasteiger partial charge in [-0.05, 0) is 49.4 Å². The first-order valence-corrected chi connectivity index (χ1v) is 10.0. The Morgan fingerprint density at radius 2 is 1.96 bits per heavy atom. The summed E-state index contributed by atoms with van der Waals surface area (Å²) >= 11 is 0. The van der Waals surface area contributed by atoms with Gasteiger partial charge in [-0.2, -0.15) is 0 Å². The van der Waals surface area contributed by atoms with Crippen LogP contribution < -0.4 is 10.2 Å². The number of amides is 1. The predicted octanol–water partition coefficient (Wildman–Crippen LogP) is 2.51. The number of piperidine rings is 1. The maximum Gasteiger partial charge on any atom is 0.222 e. The summed E-state index contributed by atoms with van der Waals surface area (Å²) in [7, 11) is 1.94. The van der Waals surface area contributed by atoms with Crippen molar-refractivity contribution in [1.29, 1.82) is 0 Å². The largest absolute Gasteiger partial charge is 0.378 e. The minimum absolute atomic E-state index is 0.257. The lowest BCUT2D eigenvalue weighted by atomic mass is 9.84. The molecule has 2 fully saturated rings. The Balaban J connectivity index is 1.58. The van der Waals surface area contributed by atoms with Crippen LogP contribution in [-0.4, -0.2) is 57.2 Å². The summed E-state index contributed by atoms with van der Waals surface area (Å²) in [4.78, 5) is 17.0. The molecule has 1 aromatic carbocycles. The van der Waals surface area contributed by atoms with E-state index in [0.29, 0.717) is 24.8 Å². The zero-order chi connectivity index (χ0) is 18.4. The zero-order valence-electron chi connectivity index (χ0n) is 16.2. The first-order chi connectivity index (χ1) is 12.6. The quantitative estimate of drug-likeness (QED) is 0.848. The minimum atomic E-state index is 0.257. The molecule has 1 atom stereocenters. The third-order valence-electron chi connectivity index (χ3n) is 5.86. The van der Waals surface area contributed by atoms with Gasteiger partial charge in [0.15, 0.2) is 0 Å². The third-order valence-corrected chi connectivity index (χ3v) is 5.86. The number of ether oxygens (including phenoxy) is 1. The van der Waals surface area contributed by atoms with E-state index in [1.54, 1.807) is 0 Å². The number of carbonyl (C=O) groups is 1. The number of morpholine rings is 1. The predicted molar refractivity (Wildman–Crippen MR) is 105 cm³/mol. The molecule has 3 rings (SSSR count). The van der Waals surface area contributed by atoms with Crippen molar-refractivity contribution >= 4 is 11.6 Å². The average molecular weight is 360 g/mol. The molecular formula is C21H33N3O2. The topological polar surface area (TPSA) is 44.8 Å². The van der Waals surface area contributed by atoms with Gasteiger partial charge in [0.05, 0.1) is 13.2 Å². The molecular weight excluding hydrogens is 326 g/mol. The molecule has 0 radical (unpaired) electrons. The maximum absolute atomic E-state index is 12.8. The standard InChI is InChI=1S/C21H33N3O2/c1-17(18-7-9-22-10-8-18)15-21(25)23(2)16-19-5-3-4-6-20(19)24-11-13-26-14-12-24/h3-6,17-18,22H,7-16H2,1-2H3. The molecule has 5 nitrogen and oxygen atoms in total. The lowest BCUT2D eigenvalue weighted by molar-refractivity contribution is -0.131. The van der Waals surface area contributed by atoms with E-state index in [0.717, 1.165) is 39.4 Å². The second kappa shape index (κ2) is 9.38. The van der Waals surface area contributed by atoms with Crippen LogP contribution in [0.1, 0.15) is 31.7 Å². The number of rotatable bonds is 6. The van der Waals surface area contributed by atoms with Gasteiger partial charge in [0.25, 0.3) is 0 Å². The second-order valence-corrected chi connectivity index (χ2v) is 7.75. The van der Waals surface area contributed by atoms with Crippen molar-refractivity contribution in [1.82, 2.24) is 10.2 Å². The average Bonchev–Trinajstić information content (AvgIpc) is 2.69. The highest BCUT2D eigenvalue weighted by Gasteiger charge is 2.24. The molecule has 0 spiro atoms. The minimum Gasteiger partial charge on any atom is -0.378 e. The van der Waals surface area contributed by atoms with Gasteiger partial charge in [-0.3, -0.25) is 4.79 Å². The van der Waals surface area contributed by atoms with Crippen LogP contribution in [0.2, 0.25) is 0 Å². The molecule has 2 saturated heterocycles. The fraction of sp³-hybridized carbons (Fsp3) is 0.667. The SMILES string of the molecule is CC(CC(=O)N(C)Cc1ccccc1N1CCOCC1)C1CCNCC1. The van der Waals surface area contributed by atoms with Crippen molar-refractivity contribution in [2.75, 3.05) is 51.3 Å². The van der Waals surface area contributed by atoms with Crippen molar-refractivity contribution in [3.8, 4) is 0 Å². The molecule has 1 N–H and O–H groups in total. The van der Waals surface area contributed by atoms with Crippen LogP contribution in [0, 0.1) is 11.8 Å². The number of anilines is 1. The van der Waals surface area contributed by atoms with Crippen LogP contribution in [0.25, 0.3) is 0 Å². The molecule has 0 bridgehead atoms. The van der Waals surface area contributed by atoms with Gasteiger partial charge >= 0.3 is 0 Å². The normalized spacial score (nSPS) is 20.0. The Kier molecular flexibility index (Phi) is 6.92. The van der Waals surface area contributed by atoms with E-state index < -0.39 is 0 Å². The van der Waals surface area contributed by atoms with Crippen LogP contribution in [-0.2, 0) is 16.1 Å². The van der Waals surface area contributed by atoms with Gasteiger partial charge in [0, 0.05) is 38.8 Å². The molecule has 0 aromatic heterocycles. The highest BCUT2D eigenvalue weighted by molar-refractivity contribution is 5.76. The fourth-order valence-electron chi connectivity index (χ4n) is 4.11. The fourth-order valence-corrected chi connectivity index (χ4v) is 4.11. The molecule has 144 valence electrons. The van der Waals surface area contributed by atoms with Crippen molar-refractivity contribution in [2.45, 2.75) is 32.7 Å². The molecule has 0 aliphatic carbocycles. The Morgan fingerprint density at radius 3 is 2.69 bits per heavy atom. The monoisotopic (exact) mass is 359 g/mol. The van der Waals surface area contributed by atoms with Gasteiger partial charge in [-0.1, -0.05) is 25.1 Å². The van der Waals surface area contributed by atoms with Gasteiger partial charge < -0.3 is 19.9 Å². The molecule has 5 heteroatoms. The lowest BCUT2D eigenvalue weighted by Crippen LogP contribution is -2.37. The van der Waals surface area contributed by atoms with Crippen LogP contribution >= 0.6 is 0 Å². The van der Waals surface area contributed by atoms with E-state index in [2.05, 4.69) is 41.4 Å². The zero-order valence-corrected chi connectivity index (χ0v) is 16.2. The molecule has 1 aromatic rings. The number of hydrogen-bond donors (Lipinski definition) is 1. The van der Waals surface area contributed by atoms with E-state index in [9.17, 15) is 4.79 Å². The smallest absolute Gasteiger partial charge is 0.222 e. The molecule has 2 aliphatic heterocycles. The summed E-state index contributed by atoms with van der Waals surface area (Å²) in [5.41, 5.74) is 2.46. The highest BCUT2D eigenvalue weighted by Crippen LogP contribution is 2.26. The summed E-state index contributed by atoms with van der Waals surface area (Å²) in [5.74, 6) is 1.39. The van der Waals surface area contributed by atoms with Crippen molar-refractivity contribution in [3.63, 3.8) is 0 Å². The van der Waals surface area contributed by atoms with Gasteiger partial charge in [0.2, 0.25) is 5.91 Å². The molecule has 26 heavy (non-hydrogen) atoms. The molecule has 1 amide bonds. The number of nitrogens with one attached hydrogen (secondary N) is 1. The number of benzene rings is 1. The Bertz CT molecular complexity index is 580. The summed E-state index contributed by atoms with van der Waals surface area (Å²) in [6.45, 7) is 8.48. The first kappa shape index (κ1) is 19.2. The van der Waals surface area contributed by atoms with E-state index in [-0.39, 0.29) is 5.91 Å². The van der Waals surface area contributed by atoms with Crippen molar-refractivity contribution in [2.24, 2.45) is 11.8 Å². The number of nitrogens with zero attached hydrogens (tertiary/aromatic N) is 2.